The number of amides is 1. The average Bonchev–Trinajstić information content (AvgIpc) is 2.92. The van der Waals surface area contributed by atoms with Crippen molar-refractivity contribution in [2.45, 2.75) is 32.6 Å². The van der Waals surface area contributed by atoms with Crippen molar-refractivity contribution < 1.29 is 4.79 Å². The van der Waals surface area contributed by atoms with Gasteiger partial charge in [-0.2, -0.15) is 4.37 Å². The van der Waals surface area contributed by atoms with Crippen LogP contribution in [0.2, 0.25) is 0 Å². The summed E-state index contributed by atoms with van der Waals surface area (Å²) in [6, 6.07) is 0. The predicted molar refractivity (Wildman–Crippen MR) is 88.3 cm³/mol. The van der Waals surface area contributed by atoms with E-state index in [-0.39, 0.29) is 5.92 Å². The van der Waals surface area contributed by atoms with Crippen LogP contribution in [-0.4, -0.2) is 59.4 Å². The van der Waals surface area contributed by atoms with Gasteiger partial charge in [-0.05, 0) is 25.8 Å². The number of anilines is 1. The molecule has 3 rings (SSSR count). The minimum Gasteiger partial charge on any atom is -0.345 e. The maximum atomic E-state index is 12.6. The third-order valence-electron chi connectivity index (χ3n) is 4.50. The van der Waals surface area contributed by atoms with Crippen molar-refractivity contribution >= 4 is 22.6 Å². The molecule has 2 fully saturated rings. The summed E-state index contributed by atoms with van der Waals surface area (Å²) in [5, 5.41) is 4.34. The lowest BCUT2D eigenvalue weighted by molar-refractivity contribution is -0.135. The summed E-state index contributed by atoms with van der Waals surface area (Å²) in [5.74, 6) is 1.43. The number of nitrogens with one attached hydrogen (secondary N) is 1. The molecule has 7 heteroatoms. The smallest absolute Gasteiger partial charge is 0.227 e. The second-order valence-corrected chi connectivity index (χ2v) is 6.79. The second-order valence-electron chi connectivity index (χ2n) is 6.06. The van der Waals surface area contributed by atoms with Crippen LogP contribution in [0, 0.1) is 5.92 Å². The lowest BCUT2D eigenvalue weighted by Crippen LogP contribution is -2.44. The van der Waals surface area contributed by atoms with Crippen LogP contribution in [0.4, 0.5) is 5.13 Å². The molecule has 1 atom stereocenters. The number of aromatic nitrogens is 2. The Morgan fingerprint density at radius 2 is 2.23 bits per heavy atom. The number of rotatable bonds is 3. The van der Waals surface area contributed by atoms with Gasteiger partial charge in [-0.25, -0.2) is 4.98 Å². The average molecular weight is 323 g/mol. The van der Waals surface area contributed by atoms with Crippen LogP contribution in [0.15, 0.2) is 0 Å². The number of nitrogens with zero attached hydrogens (tertiary/aromatic N) is 4. The SMILES string of the molecule is CCc1nsc(N2CCCN(C(=O)C3CCCNC3)CC2)n1. The van der Waals surface area contributed by atoms with Gasteiger partial charge >= 0.3 is 0 Å². The molecular formula is C15H25N5OS. The van der Waals surface area contributed by atoms with Gasteiger partial charge in [0.15, 0.2) is 0 Å². The van der Waals surface area contributed by atoms with Crippen LogP contribution in [0.25, 0.3) is 0 Å². The fourth-order valence-corrected chi connectivity index (χ4v) is 3.97. The Balaban J connectivity index is 1.58. The Bertz CT molecular complexity index is 500. The molecule has 1 N–H and O–H groups in total. The number of carbonyl (C=O) groups is 1. The Morgan fingerprint density at radius 1 is 1.32 bits per heavy atom. The molecule has 0 saturated carbocycles. The van der Waals surface area contributed by atoms with Crippen molar-refractivity contribution in [2.24, 2.45) is 5.92 Å². The summed E-state index contributed by atoms with van der Waals surface area (Å²) in [7, 11) is 0. The molecule has 0 aromatic carbocycles. The van der Waals surface area contributed by atoms with E-state index in [9.17, 15) is 4.79 Å². The van der Waals surface area contributed by atoms with E-state index in [4.69, 9.17) is 0 Å². The van der Waals surface area contributed by atoms with Crippen LogP contribution in [0.3, 0.4) is 0 Å². The van der Waals surface area contributed by atoms with Crippen LogP contribution < -0.4 is 10.2 Å². The van der Waals surface area contributed by atoms with Crippen molar-refractivity contribution in [3.05, 3.63) is 5.82 Å². The van der Waals surface area contributed by atoms with Gasteiger partial charge in [0.05, 0.1) is 5.92 Å². The molecule has 3 heterocycles. The van der Waals surface area contributed by atoms with Crippen LogP contribution >= 0.6 is 11.5 Å². The molecule has 2 aliphatic heterocycles. The zero-order chi connectivity index (χ0) is 15.4. The Kier molecular flexibility index (Phi) is 5.25. The zero-order valence-electron chi connectivity index (χ0n) is 13.3. The van der Waals surface area contributed by atoms with E-state index < -0.39 is 0 Å². The molecular weight excluding hydrogens is 298 g/mol. The molecule has 2 saturated heterocycles. The van der Waals surface area contributed by atoms with Crippen molar-refractivity contribution in [1.82, 2.24) is 19.6 Å². The van der Waals surface area contributed by atoms with E-state index in [0.717, 1.165) is 75.9 Å². The standard InChI is InChI=1S/C15H25N5OS/c1-2-13-17-15(22-18-13)20-8-4-7-19(9-10-20)14(21)12-5-3-6-16-11-12/h12,16H,2-11H2,1H3. The van der Waals surface area contributed by atoms with Crippen molar-refractivity contribution in [3.63, 3.8) is 0 Å². The lowest BCUT2D eigenvalue weighted by Gasteiger charge is -2.28. The number of piperidine rings is 1. The lowest BCUT2D eigenvalue weighted by atomic mass is 9.98. The first-order valence-corrected chi connectivity index (χ1v) is 9.12. The quantitative estimate of drug-likeness (QED) is 0.904. The van der Waals surface area contributed by atoms with E-state index in [1.54, 1.807) is 0 Å². The normalized spacial score (nSPS) is 23.4. The van der Waals surface area contributed by atoms with E-state index in [2.05, 4.69) is 31.4 Å². The molecule has 0 spiro atoms. The topological polar surface area (TPSA) is 61.4 Å². The van der Waals surface area contributed by atoms with Gasteiger partial charge in [0, 0.05) is 50.7 Å². The molecule has 1 aromatic heterocycles. The van der Waals surface area contributed by atoms with E-state index in [1.807, 2.05) is 0 Å². The van der Waals surface area contributed by atoms with Gasteiger partial charge in [0.25, 0.3) is 0 Å². The molecule has 0 radical (unpaired) electrons. The first-order valence-electron chi connectivity index (χ1n) is 8.35. The van der Waals surface area contributed by atoms with E-state index in [1.165, 1.54) is 11.5 Å². The molecule has 1 amide bonds. The minimum atomic E-state index is 0.175. The monoisotopic (exact) mass is 323 g/mol. The number of hydrogen-bond donors (Lipinski definition) is 1. The molecule has 2 aliphatic rings. The summed E-state index contributed by atoms with van der Waals surface area (Å²) in [6.07, 6.45) is 4.03. The van der Waals surface area contributed by atoms with E-state index >= 15 is 0 Å². The number of carbonyl (C=O) groups excluding carboxylic acids is 1. The molecule has 0 aliphatic carbocycles. The summed E-state index contributed by atoms with van der Waals surface area (Å²) in [5.41, 5.74) is 0. The van der Waals surface area contributed by atoms with Gasteiger partial charge in [0.2, 0.25) is 11.0 Å². The fraction of sp³-hybridized carbons (Fsp3) is 0.800. The van der Waals surface area contributed by atoms with Crippen LogP contribution in [-0.2, 0) is 11.2 Å². The molecule has 0 bridgehead atoms. The van der Waals surface area contributed by atoms with Gasteiger partial charge in [0.1, 0.15) is 5.82 Å². The van der Waals surface area contributed by atoms with Gasteiger partial charge in [-0.1, -0.05) is 6.92 Å². The molecule has 1 unspecified atom stereocenters. The first kappa shape index (κ1) is 15.7. The van der Waals surface area contributed by atoms with Crippen LogP contribution in [0.5, 0.6) is 0 Å². The molecule has 22 heavy (non-hydrogen) atoms. The Labute approximate surface area is 136 Å². The van der Waals surface area contributed by atoms with Crippen molar-refractivity contribution in [3.8, 4) is 0 Å². The summed E-state index contributed by atoms with van der Waals surface area (Å²) < 4.78 is 4.37. The third kappa shape index (κ3) is 3.57. The molecule has 122 valence electrons. The number of aryl methyl sites for hydroxylation is 1. The fourth-order valence-electron chi connectivity index (χ4n) is 3.17. The highest BCUT2D eigenvalue weighted by atomic mass is 32.1. The van der Waals surface area contributed by atoms with Gasteiger partial charge in [-0.15, -0.1) is 0 Å². The molecule has 6 nitrogen and oxygen atoms in total. The van der Waals surface area contributed by atoms with Crippen LogP contribution in [0.1, 0.15) is 32.0 Å². The minimum absolute atomic E-state index is 0.175. The highest BCUT2D eigenvalue weighted by Gasteiger charge is 2.27. The van der Waals surface area contributed by atoms with E-state index in [0.29, 0.717) is 5.91 Å². The molecule has 1 aromatic rings. The maximum Gasteiger partial charge on any atom is 0.227 e. The van der Waals surface area contributed by atoms with Crippen molar-refractivity contribution in [2.75, 3.05) is 44.2 Å². The van der Waals surface area contributed by atoms with Crippen molar-refractivity contribution in [1.29, 1.82) is 0 Å². The summed E-state index contributed by atoms with van der Waals surface area (Å²) in [6.45, 7) is 7.47. The Hall–Kier alpha value is -1.21. The summed E-state index contributed by atoms with van der Waals surface area (Å²) >= 11 is 1.48. The maximum absolute atomic E-state index is 12.6. The van der Waals surface area contributed by atoms with Gasteiger partial charge < -0.3 is 15.1 Å². The second kappa shape index (κ2) is 7.37. The highest BCUT2D eigenvalue weighted by Crippen LogP contribution is 2.21. The zero-order valence-corrected chi connectivity index (χ0v) is 14.1. The highest BCUT2D eigenvalue weighted by molar-refractivity contribution is 7.09. The predicted octanol–water partition coefficient (Wildman–Crippen LogP) is 1.14. The number of hydrogen-bond acceptors (Lipinski definition) is 6. The summed E-state index contributed by atoms with van der Waals surface area (Å²) in [4.78, 5) is 21.6. The first-order chi connectivity index (χ1) is 10.8. The third-order valence-corrected chi connectivity index (χ3v) is 5.31. The largest absolute Gasteiger partial charge is 0.345 e. The van der Waals surface area contributed by atoms with Gasteiger partial charge in [-0.3, -0.25) is 4.79 Å². The Morgan fingerprint density at radius 3 is 2.95 bits per heavy atom.